The number of nitrogens with two attached hydrogens (primary N) is 1. The molecule has 0 bridgehead atoms. The van der Waals surface area contributed by atoms with Gasteiger partial charge in [-0.1, -0.05) is 6.07 Å². The lowest BCUT2D eigenvalue weighted by Crippen LogP contribution is -2.40. The normalized spacial score (nSPS) is 15.2. The summed E-state index contributed by atoms with van der Waals surface area (Å²) in [5, 5.41) is 3.41. The van der Waals surface area contributed by atoms with Gasteiger partial charge in [0, 0.05) is 30.4 Å². The van der Waals surface area contributed by atoms with Gasteiger partial charge in [0.1, 0.15) is 10.7 Å². The number of hydrogen-bond acceptors (Lipinski definition) is 6. The quantitative estimate of drug-likeness (QED) is 0.625. The van der Waals surface area contributed by atoms with Crippen LogP contribution in [0.15, 0.2) is 47.5 Å². The van der Waals surface area contributed by atoms with Crippen molar-refractivity contribution in [2.45, 2.75) is 11.8 Å². The SMILES string of the molecule is Cc1cc(S(=O)(=O)N2CCOCC2)c2ncc(C(N)=O)c(Nc3cccc(F)c3)c2c1. The number of carbonyl (C=O) groups excluding carboxylic acids is 1. The highest BCUT2D eigenvalue weighted by molar-refractivity contribution is 7.89. The number of nitrogens with zero attached hydrogens (tertiary/aromatic N) is 2. The molecular formula is C21H21FN4O4S. The molecule has 0 spiro atoms. The maximum absolute atomic E-state index is 13.7. The Morgan fingerprint density at radius 3 is 2.65 bits per heavy atom. The maximum atomic E-state index is 13.7. The Labute approximate surface area is 178 Å². The summed E-state index contributed by atoms with van der Waals surface area (Å²) in [6, 6.07) is 8.97. The fourth-order valence-electron chi connectivity index (χ4n) is 3.56. The van der Waals surface area contributed by atoms with Crippen molar-refractivity contribution in [2.75, 3.05) is 31.6 Å². The molecular weight excluding hydrogens is 423 g/mol. The topological polar surface area (TPSA) is 115 Å². The molecule has 2 aromatic carbocycles. The van der Waals surface area contributed by atoms with E-state index >= 15 is 0 Å². The van der Waals surface area contributed by atoms with Gasteiger partial charge in [0.15, 0.2) is 0 Å². The molecule has 10 heteroatoms. The van der Waals surface area contributed by atoms with E-state index in [-0.39, 0.29) is 34.8 Å². The first-order chi connectivity index (χ1) is 14.8. The third kappa shape index (κ3) is 4.09. The molecule has 3 aromatic rings. The lowest BCUT2D eigenvalue weighted by atomic mass is 10.1. The van der Waals surface area contributed by atoms with Crippen LogP contribution in [-0.2, 0) is 14.8 Å². The van der Waals surface area contributed by atoms with Gasteiger partial charge < -0.3 is 15.8 Å². The number of nitrogens with one attached hydrogen (secondary N) is 1. The number of ether oxygens (including phenoxy) is 1. The molecule has 3 N–H and O–H groups in total. The van der Waals surface area contributed by atoms with Gasteiger partial charge in [-0.15, -0.1) is 0 Å². The minimum atomic E-state index is -3.85. The highest BCUT2D eigenvalue weighted by Crippen LogP contribution is 2.34. The van der Waals surface area contributed by atoms with Gasteiger partial charge >= 0.3 is 0 Å². The van der Waals surface area contributed by atoms with Crippen LogP contribution in [0, 0.1) is 12.7 Å². The van der Waals surface area contributed by atoms with Gasteiger partial charge in [0.05, 0.1) is 30.0 Å². The third-order valence-electron chi connectivity index (χ3n) is 5.03. The molecule has 0 unspecified atom stereocenters. The summed E-state index contributed by atoms with van der Waals surface area (Å²) in [6.07, 6.45) is 1.24. The number of hydrogen-bond donors (Lipinski definition) is 2. The summed E-state index contributed by atoms with van der Waals surface area (Å²) < 4.78 is 47.0. The van der Waals surface area contributed by atoms with Crippen molar-refractivity contribution in [1.29, 1.82) is 0 Å². The highest BCUT2D eigenvalue weighted by atomic mass is 32.2. The van der Waals surface area contributed by atoms with Crippen molar-refractivity contribution in [3.8, 4) is 0 Å². The summed E-state index contributed by atoms with van der Waals surface area (Å²) in [6.45, 7) is 2.86. The van der Waals surface area contributed by atoms with Crippen LogP contribution in [0.3, 0.4) is 0 Å². The molecule has 1 aromatic heterocycles. The number of fused-ring (bicyclic) bond motifs is 1. The van der Waals surface area contributed by atoms with Crippen LogP contribution < -0.4 is 11.1 Å². The number of carbonyl (C=O) groups is 1. The number of rotatable bonds is 5. The van der Waals surface area contributed by atoms with Gasteiger partial charge in [0.25, 0.3) is 5.91 Å². The Bertz CT molecular complexity index is 1270. The van der Waals surface area contributed by atoms with E-state index < -0.39 is 21.7 Å². The van der Waals surface area contributed by atoms with Gasteiger partial charge in [0.2, 0.25) is 10.0 Å². The first kappa shape index (κ1) is 21.2. The minimum absolute atomic E-state index is 0.0303. The second-order valence-corrected chi connectivity index (χ2v) is 9.13. The standard InChI is InChI=1S/C21H21FN4O4S/c1-13-9-16-19(25-15-4-2-3-14(22)11-15)17(21(23)27)12-24-20(16)18(10-13)31(28,29)26-5-7-30-8-6-26/h2-4,9-12H,5-8H2,1H3,(H2,23,27)(H,24,25). The molecule has 0 radical (unpaired) electrons. The molecule has 2 heterocycles. The first-order valence-corrected chi connectivity index (χ1v) is 11.0. The van der Waals surface area contributed by atoms with E-state index in [2.05, 4.69) is 10.3 Å². The Morgan fingerprint density at radius 1 is 1.23 bits per heavy atom. The van der Waals surface area contributed by atoms with E-state index in [0.717, 1.165) is 0 Å². The van der Waals surface area contributed by atoms with Crippen molar-refractivity contribution < 1.29 is 22.3 Å². The smallest absolute Gasteiger partial charge is 0.252 e. The predicted molar refractivity (Wildman–Crippen MR) is 114 cm³/mol. The molecule has 0 aliphatic carbocycles. The van der Waals surface area contributed by atoms with Crippen LogP contribution in [0.25, 0.3) is 10.9 Å². The number of amides is 1. The fraction of sp³-hybridized carbons (Fsp3) is 0.238. The van der Waals surface area contributed by atoms with Crippen LogP contribution in [-0.4, -0.2) is 49.9 Å². The summed E-state index contributed by atoms with van der Waals surface area (Å²) in [4.78, 5) is 16.4. The van der Waals surface area contributed by atoms with E-state index in [1.165, 1.54) is 28.7 Å². The van der Waals surface area contributed by atoms with Crippen LogP contribution in [0.2, 0.25) is 0 Å². The van der Waals surface area contributed by atoms with Crippen LogP contribution >= 0.6 is 0 Å². The molecule has 8 nitrogen and oxygen atoms in total. The molecule has 1 amide bonds. The molecule has 1 fully saturated rings. The molecule has 1 saturated heterocycles. The van der Waals surface area contributed by atoms with Gasteiger partial charge in [-0.05, 0) is 42.8 Å². The number of anilines is 2. The number of halogens is 1. The monoisotopic (exact) mass is 444 g/mol. The summed E-state index contributed by atoms with van der Waals surface area (Å²) >= 11 is 0. The zero-order valence-corrected chi connectivity index (χ0v) is 17.6. The Kier molecular flexibility index (Phi) is 5.61. The van der Waals surface area contributed by atoms with E-state index in [1.54, 1.807) is 25.1 Å². The molecule has 162 valence electrons. The number of morpholine rings is 1. The van der Waals surface area contributed by atoms with E-state index in [9.17, 15) is 17.6 Å². The average Bonchev–Trinajstić information content (AvgIpc) is 2.74. The van der Waals surface area contributed by atoms with Crippen molar-refractivity contribution in [3.05, 3.63) is 59.5 Å². The number of primary amides is 1. The minimum Gasteiger partial charge on any atom is -0.379 e. The van der Waals surface area contributed by atoms with Crippen molar-refractivity contribution in [1.82, 2.24) is 9.29 Å². The first-order valence-electron chi connectivity index (χ1n) is 9.61. The zero-order valence-electron chi connectivity index (χ0n) is 16.8. The highest BCUT2D eigenvalue weighted by Gasteiger charge is 2.30. The number of benzene rings is 2. The molecule has 1 aliphatic rings. The van der Waals surface area contributed by atoms with Gasteiger partial charge in [-0.25, -0.2) is 12.8 Å². The van der Waals surface area contributed by atoms with Crippen molar-refractivity contribution >= 4 is 38.2 Å². The van der Waals surface area contributed by atoms with Crippen LogP contribution in [0.1, 0.15) is 15.9 Å². The average molecular weight is 444 g/mol. The van der Waals surface area contributed by atoms with Gasteiger partial charge in [-0.3, -0.25) is 9.78 Å². The van der Waals surface area contributed by atoms with E-state index in [0.29, 0.717) is 29.9 Å². The summed E-state index contributed by atoms with van der Waals surface area (Å²) in [5.41, 5.74) is 7.11. The molecule has 0 saturated carbocycles. The van der Waals surface area contributed by atoms with E-state index in [4.69, 9.17) is 10.5 Å². The Hall–Kier alpha value is -3.08. The van der Waals surface area contributed by atoms with Crippen molar-refractivity contribution in [2.24, 2.45) is 5.73 Å². The molecule has 1 aliphatic heterocycles. The summed E-state index contributed by atoms with van der Waals surface area (Å²) in [5.74, 6) is -1.21. The fourth-order valence-corrected chi connectivity index (χ4v) is 5.21. The lowest BCUT2D eigenvalue weighted by Gasteiger charge is -2.26. The molecule has 0 atom stereocenters. The number of sulfonamides is 1. The lowest BCUT2D eigenvalue weighted by molar-refractivity contribution is 0.0730. The maximum Gasteiger partial charge on any atom is 0.252 e. The zero-order chi connectivity index (χ0) is 22.2. The Morgan fingerprint density at radius 2 is 1.97 bits per heavy atom. The van der Waals surface area contributed by atoms with Crippen LogP contribution in [0.4, 0.5) is 15.8 Å². The number of pyridine rings is 1. The van der Waals surface area contributed by atoms with Crippen molar-refractivity contribution in [3.63, 3.8) is 0 Å². The number of aryl methyl sites for hydroxylation is 1. The van der Waals surface area contributed by atoms with E-state index in [1.807, 2.05) is 0 Å². The third-order valence-corrected chi connectivity index (χ3v) is 6.94. The van der Waals surface area contributed by atoms with Gasteiger partial charge in [-0.2, -0.15) is 4.31 Å². The summed E-state index contributed by atoms with van der Waals surface area (Å²) in [7, 11) is -3.85. The molecule has 4 rings (SSSR count). The Balaban J connectivity index is 1.94. The second kappa shape index (κ2) is 8.22. The number of aromatic nitrogens is 1. The predicted octanol–water partition coefficient (Wildman–Crippen LogP) is 2.55. The molecule has 31 heavy (non-hydrogen) atoms. The largest absolute Gasteiger partial charge is 0.379 e. The second-order valence-electron chi connectivity index (χ2n) is 7.22. The van der Waals surface area contributed by atoms with Crippen LogP contribution in [0.5, 0.6) is 0 Å².